The van der Waals surface area contributed by atoms with E-state index in [1.165, 1.54) is 6.92 Å². The molecule has 2 atom stereocenters. The Labute approximate surface area is 187 Å². The minimum atomic E-state index is -0.979. The number of hydrogen-bond donors (Lipinski definition) is 3. The summed E-state index contributed by atoms with van der Waals surface area (Å²) in [5, 5.41) is 5.64. The average Bonchev–Trinajstić information content (AvgIpc) is 3.37. The number of fused-ring (bicyclic) bond motifs is 1. The normalized spacial score (nSPS) is 26.5. The zero-order chi connectivity index (χ0) is 23.3. The smallest absolute Gasteiger partial charge is 0.229 e. The van der Waals surface area contributed by atoms with Gasteiger partial charge >= 0.3 is 0 Å². The lowest BCUT2D eigenvalue weighted by Gasteiger charge is -2.48. The lowest BCUT2D eigenvalue weighted by atomic mass is 9.78. The van der Waals surface area contributed by atoms with Crippen LogP contribution in [0.15, 0.2) is 24.3 Å². The van der Waals surface area contributed by atoms with Crippen molar-refractivity contribution in [2.45, 2.75) is 39.2 Å². The maximum absolute atomic E-state index is 13.0. The van der Waals surface area contributed by atoms with Gasteiger partial charge in [0.15, 0.2) is 0 Å². The number of amides is 4. The van der Waals surface area contributed by atoms with Gasteiger partial charge in [-0.1, -0.05) is 18.2 Å². The van der Waals surface area contributed by atoms with E-state index >= 15 is 0 Å². The fourth-order valence-corrected chi connectivity index (χ4v) is 5.14. The SMILES string of the molecule is CC(=O)Nc1ccccc1CC(=O)N1CC(CNC(=O)C23CC2COC3(C)C)(C(N)=O)C1. The number of benzene rings is 1. The van der Waals surface area contributed by atoms with Crippen LogP contribution in [-0.2, 0) is 30.3 Å². The van der Waals surface area contributed by atoms with Gasteiger partial charge in [-0.2, -0.15) is 0 Å². The van der Waals surface area contributed by atoms with Crippen molar-refractivity contribution >= 4 is 29.3 Å². The van der Waals surface area contributed by atoms with Crippen molar-refractivity contribution < 1.29 is 23.9 Å². The van der Waals surface area contributed by atoms with Crippen LogP contribution in [0.3, 0.4) is 0 Å². The maximum atomic E-state index is 13.0. The third-order valence-corrected chi connectivity index (χ3v) is 7.35. The molecular formula is C23H30N4O5. The number of carbonyl (C=O) groups excluding carboxylic acids is 4. The zero-order valence-corrected chi connectivity index (χ0v) is 18.7. The summed E-state index contributed by atoms with van der Waals surface area (Å²) in [6, 6.07) is 7.10. The van der Waals surface area contributed by atoms with Gasteiger partial charge in [0.25, 0.3) is 0 Å². The predicted molar refractivity (Wildman–Crippen MR) is 116 cm³/mol. The highest BCUT2D eigenvalue weighted by Crippen LogP contribution is 2.65. The van der Waals surface area contributed by atoms with Gasteiger partial charge in [0.1, 0.15) is 5.41 Å². The molecule has 1 aromatic rings. The molecule has 0 bridgehead atoms. The molecule has 0 aromatic heterocycles. The predicted octanol–water partition coefficient (Wildman–Crippen LogP) is 0.433. The van der Waals surface area contributed by atoms with Crippen LogP contribution in [0.2, 0.25) is 0 Å². The van der Waals surface area contributed by atoms with Crippen LogP contribution in [0.4, 0.5) is 5.69 Å². The van der Waals surface area contributed by atoms with Gasteiger partial charge in [-0.25, -0.2) is 0 Å². The molecule has 2 aliphatic heterocycles. The molecular weight excluding hydrogens is 412 g/mol. The van der Waals surface area contributed by atoms with Gasteiger partial charge in [0.2, 0.25) is 23.6 Å². The molecule has 0 radical (unpaired) electrons. The second kappa shape index (κ2) is 7.58. The summed E-state index contributed by atoms with van der Waals surface area (Å²) in [6.07, 6.45) is 0.877. The standard InChI is InChI=1S/C23H30N4O5/c1-14(28)26-17-7-5-4-6-15(17)8-18(29)27-12-22(13-27,19(24)30)11-25-20(31)23-9-16(23)10-32-21(23,2)3/h4-7,16H,8-13H2,1-3H3,(H2,24,30)(H,25,31)(H,26,28). The molecule has 4 N–H and O–H groups in total. The first-order chi connectivity index (χ1) is 15.0. The Balaban J connectivity index is 1.36. The molecule has 32 heavy (non-hydrogen) atoms. The van der Waals surface area contributed by atoms with Crippen molar-refractivity contribution in [1.82, 2.24) is 10.2 Å². The number of para-hydroxylation sites is 1. The first kappa shape index (κ1) is 22.3. The fourth-order valence-electron chi connectivity index (χ4n) is 5.14. The minimum absolute atomic E-state index is 0.0912. The third-order valence-electron chi connectivity index (χ3n) is 7.35. The average molecular weight is 443 g/mol. The molecule has 4 rings (SSSR count). The van der Waals surface area contributed by atoms with Gasteiger partial charge in [0.05, 0.1) is 24.0 Å². The molecule has 9 nitrogen and oxygen atoms in total. The number of nitrogens with zero attached hydrogens (tertiary/aromatic N) is 1. The molecule has 0 spiro atoms. The van der Waals surface area contributed by atoms with Crippen molar-refractivity contribution in [3.63, 3.8) is 0 Å². The summed E-state index contributed by atoms with van der Waals surface area (Å²) < 4.78 is 5.75. The minimum Gasteiger partial charge on any atom is -0.374 e. The highest BCUT2D eigenvalue weighted by molar-refractivity contribution is 5.93. The quantitative estimate of drug-likeness (QED) is 0.564. The first-order valence-electron chi connectivity index (χ1n) is 10.9. The van der Waals surface area contributed by atoms with Crippen LogP contribution < -0.4 is 16.4 Å². The van der Waals surface area contributed by atoms with Crippen LogP contribution in [0.25, 0.3) is 0 Å². The third kappa shape index (κ3) is 3.54. The Bertz CT molecular complexity index is 984. The Hall–Kier alpha value is -2.94. The molecule has 2 heterocycles. The molecule has 1 saturated carbocycles. The lowest BCUT2D eigenvalue weighted by molar-refractivity contribution is -0.151. The second-order valence-electron chi connectivity index (χ2n) is 9.79. The van der Waals surface area contributed by atoms with E-state index in [9.17, 15) is 19.2 Å². The Morgan fingerprint density at radius 1 is 1.19 bits per heavy atom. The van der Waals surface area contributed by atoms with Gasteiger partial charge in [0, 0.05) is 38.2 Å². The molecule has 1 aliphatic carbocycles. The van der Waals surface area contributed by atoms with E-state index in [0.717, 1.165) is 6.42 Å². The van der Waals surface area contributed by atoms with Crippen LogP contribution in [0, 0.1) is 16.7 Å². The van der Waals surface area contributed by atoms with Gasteiger partial charge in [-0.15, -0.1) is 0 Å². The van der Waals surface area contributed by atoms with Crippen LogP contribution >= 0.6 is 0 Å². The largest absolute Gasteiger partial charge is 0.374 e. The summed E-state index contributed by atoms with van der Waals surface area (Å²) in [5.74, 6) is -0.820. The van der Waals surface area contributed by atoms with Crippen molar-refractivity contribution in [2.24, 2.45) is 22.5 Å². The zero-order valence-electron chi connectivity index (χ0n) is 18.7. The summed E-state index contributed by atoms with van der Waals surface area (Å²) >= 11 is 0. The number of primary amides is 1. The first-order valence-corrected chi connectivity index (χ1v) is 10.9. The van der Waals surface area contributed by atoms with E-state index in [0.29, 0.717) is 17.9 Å². The summed E-state index contributed by atoms with van der Waals surface area (Å²) in [7, 11) is 0. The second-order valence-corrected chi connectivity index (χ2v) is 9.79. The van der Waals surface area contributed by atoms with E-state index in [1.54, 1.807) is 29.2 Å². The summed E-state index contributed by atoms with van der Waals surface area (Å²) in [5.41, 5.74) is 4.88. The molecule has 3 fully saturated rings. The molecule has 2 saturated heterocycles. The van der Waals surface area contributed by atoms with Crippen molar-refractivity contribution in [2.75, 3.05) is 31.6 Å². The Kier molecular flexibility index (Phi) is 5.27. The van der Waals surface area contributed by atoms with E-state index in [4.69, 9.17) is 10.5 Å². The van der Waals surface area contributed by atoms with Crippen LogP contribution in [-0.4, -0.2) is 60.4 Å². The van der Waals surface area contributed by atoms with Crippen molar-refractivity contribution in [3.8, 4) is 0 Å². The number of ether oxygens (including phenoxy) is 1. The highest BCUT2D eigenvalue weighted by Gasteiger charge is 2.72. The monoisotopic (exact) mass is 442 g/mol. The topological polar surface area (TPSA) is 131 Å². The molecule has 3 aliphatic rings. The Morgan fingerprint density at radius 3 is 2.44 bits per heavy atom. The van der Waals surface area contributed by atoms with E-state index in [-0.39, 0.29) is 49.7 Å². The van der Waals surface area contributed by atoms with Crippen molar-refractivity contribution in [1.29, 1.82) is 0 Å². The van der Waals surface area contributed by atoms with Gasteiger partial charge in [-0.05, 0) is 31.9 Å². The van der Waals surface area contributed by atoms with E-state index in [1.807, 2.05) is 13.8 Å². The fraction of sp³-hybridized carbons (Fsp3) is 0.565. The number of nitrogens with two attached hydrogens (primary N) is 1. The van der Waals surface area contributed by atoms with Gasteiger partial charge < -0.3 is 26.0 Å². The van der Waals surface area contributed by atoms with Crippen LogP contribution in [0.1, 0.15) is 32.8 Å². The Morgan fingerprint density at radius 2 is 1.88 bits per heavy atom. The number of anilines is 1. The molecule has 172 valence electrons. The number of rotatable bonds is 7. The summed E-state index contributed by atoms with van der Waals surface area (Å²) in [4.78, 5) is 50.9. The lowest BCUT2D eigenvalue weighted by Crippen LogP contribution is -2.68. The molecule has 4 amide bonds. The molecule has 9 heteroatoms. The van der Waals surface area contributed by atoms with Crippen LogP contribution in [0.5, 0.6) is 0 Å². The number of carbonyl (C=O) groups is 4. The number of likely N-dealkylation sites (tertiary alicyclic amines) is 1. The highest BCUT2D eigenvalue weighted by atomic mass is 16.5. The maximum Gasteiger partial charge on any atom is 0.229 e. The molecule has 2 unspecified atom stereocenters. The van der Waals surface area contributed by atoms with E-state index in [2.05, 4.69) is 10.6 Å². The van der Waals surface area contributed by atoms with Gasteiger partial charge in [-0.3, -0.25) is 19.2 Å². The summed E-state index contributed by atoms with van der Waals surface area (Å²) in [6.45, 7) is 6.23. The number of hydrogen-bond acceptors (Lipinski definition) is 5. The molecule has 1 aromatic carbocycles. The number of nitrogens with one attached hydrogen (secondary N) is 2. The van der Waals surface area contributed by atoms with Crippen molar-refractivity contribution in [3.05, 3.63) is 29.8 Å². The van der Waals surface area contributed by atoms with E-state index < -0.39 is 22.3 Å².